The van der Waals surface area contributed by atoms with Crippen LogP contribution in [0.5, 0.6) is 5.75 Å². The highest BCUT2D eigenvalue weighted by Crippen LogP contribution is 2.42. The number of hydrogen-bond donors (Lipinski definition) is 3. The number of hydrogen-bond acceptors (Lipinski definition) is 13. The number of piperidine rings is 2. The Hall–Kier alpha value is -5.29. The monoisotopic (exact) mass is 974 g/mol. The summed E-state index contributed by atoms with van der Waals surface area (Å²) in [5, 5.41) is 9.55. The summed E-state index contributed by atoms with van der Waals surface area (Å²) < 4.78 is 51.8. The average molecular weight is 976 g/mol. The standard InChI is InChI=1S/C46H54BrF2N10O5P/c1-6-28-23-36(53-46-50-25-31(47)43(55-46)52-35-9-8-34-41(42(35)65(4,5)63)45(62)56(2)26-51-34)38(64-3)24-37(28)59-15-12-29(13-16-59)58-19-17-57(18-20-58)14-11-27-21-32(48)40(33(49)22-27)30-7-10-39(60)54-44(30)61/h8-9,21-26,29-30H,6-7,10-20H2,1-5H3,(H,54,60,61)(H2,50,52,53,55). The number of benzene rings is 3. The van der Waals surface area contributed by atoms with Crippen molar-refractivity contribution in [3.63, 3.8) is 0 Å². The lowest BCUT2D eigenvalue weighted by atomic mass is 9.89. The normalized spacial score (nSPS) is 18.0. The zero-order valence-corrected chi connectivity index (χ0v) is 39.7. The highest BCUT2D eigenvalue weighted by molar-refractivity contribution is 9.10. The Morgan fingerprint density at radius 1 is 0.938 bits per heavy atom. The van der Waals surface area contributed by atoms with Gasteiger partial charge < -0.3 is 34.3 Å². The van der Waals surface area contributed by atoms with E-state index >= 15 is 8.78 Å². The fraction of sp³-hybridized carbons (Fsp3) is 0.435. The molecule has 3 aliphatic rings. The van der Waals surface area contributed by atoms with E-state index in [2.05, 4.69) is 75.6 Å². The first-order valence-corrected chi connectivity index (χ1v) is 25.4. The summed E-state index contributed by atoms with van der Waals surface area (Å²) in [6.07, 6.45) is 6.55. The summed E-state index contributed by atoms with van der Waals surface area (Å²) in [6, 6.07) is 10.8. The molecule has 2 amide bonds. The number of halogens is 3. The van der Waals surface area contributed by atoms with Gasteiger partial charge in [0.15, 0.2) is 0 Å². The van der Waals surface area contributed by atoms with Gasteiger partial charge in [-0.1, -0.05) is 6.92 Å². The largest absolute Gasteiger partial charge is 0.494 e. The van der Waals surface area contributed by atoms with Crippen LogP contribution in [0.3, 0.4) is 0 Å². The molecule has 15 nitrogen and oxygen atoms in total. The molecule has 1 unspecified atom stereocenters. The van der Waals surface area contributed by atoms with E-state index in [1.165, 1.54) is 23.0 Å². The number of carbonyl (C=O) groups excluding carboxylic acids is 2. The number of piperazine rings is 1. The van der Waals surface area contributed by atoms with Crippen LogP contribution in [-0.2, 0) is 34.0 Å². The van der Waals surface area contributed by atoms with Gasteiger partial charge in [0.25, 0.3) is 5.56 Å². The molecule has 8 rings (SSSR count). The molecule has 5 aromatic rings. The Bertz CT molecular complexity index is 2730. The number of methoxy groups -OCH3 is 1. The molecule has 3 N–H and O–H groups in total. The molecule has 65 heavy (non-hydrogen) atoms. The maximum absolute atomic E-state index is 15.1. The molecule has 0 aliphatic carbocycles. The van der Waals surface area contributed by atoms with E-state index in [-0.39, 0.29) is 24.0 Å². The predicted octanol–water partition coefficient (Wildman–Crippen LogP) is 6.42. The van der Waals surface area contributed by atoms with Gasteiger partial charge in [-0.05, 0) is 103 Å². The van der Waals surface area contributed by atoms with Crippen LogP contribution in [0.1, 0.15) is 55.2 Å². The maximum Gasteiger partial charge on any atom is 0.261 e. The Balaban J connectivity index is 0.881. The first kappa shape index (κ1) is 46.2. The van der Waals surface area contributed by atoms with Crippen LogP contribution < -0.4 is 36.5 Å². The Morgan fingerprint density at radius 3 is 2.32 bits per heavy atom. The number of amides is 2. The number of aromatic nitrogens is 4. The van der Waals surface area contributed by atoms with Crippen molar-refractivity contribution in [2.45, 2.75) is 57.4 Å². The maximum atomic E-state index is 15.1. The van der Waals surface area contributed by atoms with Crippen molar-refractivity contribution in [2.24, 2.45) is 7.05 Å². The van der Waals surface area contributed by atoms with Gasteiger partial charge in [0.05, 0.1) is 46.1 Å². The second-order valence-electron chi connectivity index (χ2n) is 17.4. The first-order chi connectivity index (χ1) is 31.1. The molecule has 344 valence electrons. The van der Waals surface area contributed by atoms with Crippen LogP contribution in [0, 0.1) is 11.6 Å². The van der Waals surface area contributed by atoms with Crippen LogP contribution in [0.25, 0.3) is 10.9 Å². The van der Waals surface area contributed by atoms with Crippen LogP contribution in [0.15, 0.2) is 58.2 Å². The number of imide groups is 1. The zero-order chi connectivity index (χ0) is 46.2. The van der Waals surface area contributed by atoms with Crippen molar-refractivity contribution in [2.75, 3.05) is 81.8 Å². The molecule has 0 radical (unpaired) electrons. The molecule has 5 heterocycles. The number of ether oxygens (including phenoxy) is 1. The van der Waals surface area contributed by atoms with E-state index < -0.39 is 36.5 Å². The average Bonchev–Trinajstić information content (AvgIpc) is 3.28. The molecular formula is C46H54BrF2N10O5P. The molecule has 3 fully saturated rings. The summed E-state index contributed by atoms with van der Waals surface area (Å²) in [5.41, 5.74) is 3.95. The second kappa shape index (κ2) is 19.3. The Kier molecular flexibility index (Phi) is 13.7. The number of nitrogens with zero attached hydrogens (tertiary/aromatic N) is 7. The van der Waals surface area contributed by atoms with Gasteiger partial charge >= 0.3 is 0 Å². The lowest BCUT2D eigenvalue weighted by molar-refractivity contribution is -0.134. The van der Waals surface area contributed by atoms with Gasteiger partial charge in [-0.15, -0.1) is 0 Å². The Labute approximate surface area is 384 Å². The summed E-state index contributed by atoms with van der Waals surface area (Å²) in [4.78, 5) is 58.1. The second-order valence-corrected chi connectivity index (χ2v) is 21.4. The summed E-state index contributed by atoms with van der Waals surface area (Å²) in [7, 11) is 0.274. The van der Waals surface area contributed by atoms with Gasteiger partial charge in [0, 0.05) is 94.1 Å². The molecule has 2 aromatic heterocycles. The van der Waals surface area contributed by atoms with E-state index in [9.17, 15) is 18.9 Å². The topological polar surface area (TPSA) is 167 Å². The highest BCUT2D eigenvalue weighted by atomic mass is 79.9. The van der Waals surface area contributed by atoms with E-state index in [1.54, 1.807) is 45.8 Å². The SMILES string of the molecule is CCc1cc(Nc2ncc(Br)c(Nc3ccc4ncn(C)c(=O)c4c3P(C)(C)=O)n2)c(OC)cc1N1CCC(N2CCN(CCc3cc(F)c(C4CCC(=O)NC4=O)c(F)c3)CC2)CC1. The predicted molar refractivity (Wildman–Crippen MR) is 253 cm³/mol. The molecule has 3 saturated heterocycles. The van der Waals surface area contributed by atoms with Gasteiger partial charge in [-0.3, -0.25) is 24.6 Å². The molecule has 1 atom stereocenters. The molecule has 0 spiro atoms. The van der Waals surface area contributed by atoms with Gasteiger partial charge in [-0.2, -0.15) is 4.98 Å². The number of aryl methyl sites for hydroxylation is 2. The van der Waals surface area contributed by atoms with E-state index in [0.717, 1.165) is 69.8 Å². The van der Waals surface area contributed by atoms with E-state index in [4.69, 9.17) is 9.72 Å². The first-order valence-electron chi connectivity index (χ1n) is 22.0. The molecule has 3 aromatic carbocycles. The van der Waals surface area contributed by atoms with Crippen LogP contribution in [0.2, 0.25) is 0 Å². The van der Waals surface area contributed by atoms with Crippen molar-refractivity contribution >= 4 is 79.9 Å². The summed E-state index contributed by atoms with van der Waals surface area (Å²) >= 11 is 3.56. The number of anilines is 5. The van der Waals surface area contributed by atoms with Crippen LogP contribution in [-0.4, -0.2) is 113 Å². The molecule has 0 bridgehead atoms. The lowest BCUT2D eigenvalue weighted by Crippen LogP contribution is -2.53. The quantitative estimate of drug-likeness (QED) is 0.0875. The third kappa shape index (κ3) is 9.96. The lowest BCUT2D eigenvalue weighted by Gasteiger charge is -2.43. The summed E-state index contributed by atoms with van der Waals surface area (Å²) in [5.74, 6) is -2.19. The fourth-order valence-corrected chi connectivity index (χ4v) is 11.1. The van der Waals surface area contributed by atoms with Crippen molar-refractivity contribution in [1.82, 2.24) is 34.6 Å². The minimum absolute atomic E-state index is 0.0587. The van der Waals surface area contributed by atoms with Crippen molar-refractivity contribution in [3.8, 4) is 5.75 Å². The minimum Gasteiger partial charge on any atom is -0.494 e. The van der Waals surface area contributed by atoms with Crippen LogP contribution >= 0.6 is 23.1 Å². The van der Waals surface area contributed by atoms with Gasteiger partial charge in [0.2, 0.25) is 17.8 Å². The smallest absolute Gasteiger partial charge is 0.261 e. The van der Waals surface area contributed by atoms with Crippen molar-refractivity contribution in [1.29, 1.82) is 0 Å². The third-order valence-corrected chi connectivity index (χ3v) is 14.9. The fourth-order valence-electron chi connectivity index (χ4n) is 9.35. The van der Waals surface area contributed by atoms with Gasteiger partial charge in [0.1, 0.15) is 30.3 Å². The van der Waals surface area contributed by atoms with Crippen LogP contribution in [0.4, 0.5) is 37.6 Å². The minimum atomic E-state index is -2.98. The molecular weight excluding hydrogens is 921 g/mol. The van der Waals surface area contributed by atoms with Gasteiger partial charge in [-0.25, -0.2) is 18.7 Å². The number of rotatable bonds is 13. The van der Waals surface area contributed by atoms with E-state index in [1.807, 2.05) is 0 Å². The number of nitrogens with one attached hydrogen (secondary N) is 3. The van der Waals surface area contributed by atoms with Crippen molar-refractivity contribution in [3.05, 3.63) is 92.1 Å². The third-order valence-electron chi connectivity index (χ3n) is 12.8. The zero-order valence-electron chi connectivity index (χ0n) is 37.2. The molecule has 3 aliphatic heterocycles. The molecule has 19 heteroatoms. The Morgan fingerprint density at radius 2 is 1.66 bits per heavy atom. The molecule has 0 saturated carbocycles. The summed E-state index contributed by atoms with van der Waals surface area (Å²) in [6.45, 7) is 11.4. The number of carbonyl (C=O) groups is 2. The highest BCUT2D eigenvalue weighted by Gasteiger charge is 2.33. The number of fused-ring (bicyclic) bond motifs is 1. The van der Waals surface area contributed by atoms with Crippen molar-refractivity contribution < 1.29 is 27.7 Å². The van der Waals surface area contributed by atoms with E-state index in [0.29, 0.717) is 74.1 Å².